The highest BCUT2D eigenvalue weighted by atomic mass is 15.3. The zero-order valence-electron chi connectivity index (χ0n) is 41.7. The minimum Gasteiger partial charge on any atom is -0.279 e. The molecule has 0 N–H and O–H groups in total. The van der Waals surface area contributed by atoms with Gasteiger partial charge in [-0.2, -0.15) is 9.97 Å². The van der Waals surface area contributed by atoms with Gasteiger partial charge in [-0.1, -0.05) is 199 Å². The minimum absolute atomic E-state index is 0.0236. The average molecular weight is 929 g/mol. The van der Waals surface area contributed by atoms with Gasteiger partial charge in [0.15, 0.2) is 11.6 Å². The molecule has 0 fully saturated rings. The van der Waals surface area contributed by atoms with E-state index in [-0.39, 0.29) is 5.92 Å². The Hall–Kier alpha value is -8.73. The minimum atomic E-state index is 0.0236. The number of hydrogen-bond acceptors (Lipinski definition) is 4. The number of anilines is 3. The monoisotopic (exact) mass is 928 g/mol. The molecule has 4 heteroatoms. The molecule has 0 saturated heterocycles. The molecule has 0 aliphatic heterocycles. The predicted molar refractivity (Wildman–Crippen MR) is 301 cm³/mol. The molecule has 0 bridgehead atoms. The Balaban J connectivity index is 1.13. The lowest BCUT2D eigenvalue weighted by Gasteiger charge is -2.28. The molecule has 1 heterocycles. The highest BCUT2D eigenvalue weighted by Crippen LogP contribution is 2.43. The summed E-state index contributed by atoms with van der Waals surface area (Å²) in [6, 6.07) is 80.3. The highest BCUT2D eigenvalue weighted by molar-refractivity contribution is 5.96. The molecule has 10 aromatic carbocycles. The molecule has 348 valence electrons. The molecule has 0 amide bonds. The number of aromatic nitrogens is 3. The quantitative estimate of drug-likeness (QED) is 0.121. The van der Waals surface area contributed by atoms with Crippen molar-refractivity contribution in [3.63, 3.8) is 0 Å². The second-order valence-electron chi connectivity index (χ2n) is 19.2. The summed E-state index contributed by atoms with van der Waals surface area (Å²) in [4.78, 5) is 18.5. The van der Waals surface area contributed by atoms with E-state index in [0.29, 0.717) is 17.6 Å². The van der Waals surface area contributed by atoms with Crippen LogP contribution in [0.2, 0.25) is 0 Å². The smallest absolute Gasteiger partial charge is 0.238 e. The number of hydrogen-bond donors (Lipinski definition) is 0. The van der Waals surface area contributed by atoms with Gasteiger partial charge < -0.3 is 0 Å². The third-order valence-corrected chi connectivity index (χ3v) is 14.1. The van der Waals surface area contributed by atoms with Gasteiger partial charge in [0.2, 0.25) is 5.95 Å². The Bertz CT molecular complexity index is 3630. The second-order valence-corrected chi connectivity index (χ2v) is 19.2. The normalized spacial score (nSPS) is 11.3. The Kier molecular flexibility index (Phi) is 12.4. The molecule has 0 atom stereocenters. The fourth-order valence-corrected chi connectivity index (χ4v) is 10.9. The predicted octanol–water partition coefficient (Wildman–Crippen LogP) is 17.9. The van der Waals surface area contributed by atoms with Crippen LogP contribution in [0, 0.1) is 41.5 Å². The first-order valence-electron chi connectivity index (χ1n) is 24.9. The maximum Gasteiger partial charge on any atom is 0.238 e. The first-order valence-corrected chi connectivity index (χ1v) is 24.9. The van der Waals surface area contributed by atoms with Gasteiger partial charge in [0, 0.05) is 28.4 Å². The summed E-state index contributed by atoms with van der Waals surface area (Å²) in [5.41, 5.74) is 22.2. The molecule has 0 unspecified atom stereocenters. The van der Waals surface area contributed by atoms with Gasteiger partial charge in [0.1, 0.15) is 0 Å². The zero-order valence-corrected chi connectivity index (χ0v) is 41.7. The second kappa shape index (κ2) is 19.6. The molecular formula is C68H56N4. The fourth-order valence-electron chi connectivity index (χ4n) is 10.9. The number of nitrogens with zero attached hydrogens (tertiary/aromatic N) is 4. The van der Waals surface area contributed by atoms with Crippen LogP contribution in [0.15, 0.2) is 224 Å². The molecule has 0 saturated carbocycles. The van der Waals surface area contributed by atoms with Crippen molar-refractivity contribution in [2.75, 3.05) is 4.90 Å². The lowest BCUT2D eigenvalue weighted by atomic mass is 9.77. The maximum atomic E-state index is 5.53. The van der Waals surface area contributed by atoms with E-state index < -0.39 is 0 Å². The molecule has 0 spiro atoms. The van der Waals surface area contributed by atoms with Crippen molar-refractivity contribution < 1.29 is 0 Å². The molecule has 0 radical (unpaired) electrons. The Morgan fingerprint density at radius 3 is 1.21 bits per heavy atom. The first kappa shape index (κ1) is 45.7. The number of fused-ring (bicyclic) bond motifs is 1. The SMILES string of the molecule is Cc1cc(C)c(C(c2ccc(N(c3ccc(-c4ccccc4-c4ccccc4)cc3)c3nc(-c4ccccc4)nc(-c4cc5ccccc5cc4-c4ccccc4)n3)cc2)c2c(C)cc(C)cc2C)c(C)c1. The molecule has 0 aliphatic rings. The van der Waals surface area contributed by atoms with Crippen LogP contribution in [0.5, 0.6) is 0 Å². The van der Waals surface area contributed by atoms with E-state index in [2.05, 4.69) is 253 Å². The van der Waals surface area contributed by atoms with Crippen LogP contribution in [0.4, 0.5) is 17.3 Å². The van der Waals surface area contributed by atoms with Crippen LogP contribution in [0.3, 0.4) is 0 Å². The van der Waals surface area contributed by atoms with E-state index in [9.17, 15) is 0 Å². The molecular weight excluding hydrogens is 873 g/mol. The van der Waals surface area contributed by atoms with Crippen LogP contribution in [0.1, 0.15) is 56.0 Å². The van der Waals surface area contributed by atoms with Crippen molar-refractivity contribution in [2.24, 2.45) is 0 Å². The Morgan fingerprint density at radius 2 is 0.708 bits per heavy atom. The summed E-state index contributed by atoms with van der Waals surface area (Å²) in [7, 11) is 0. The van der Waals surface area contributed by atoms with Gasteiger partial charge in [-0.25, -0.2) is 4.98 Å². The van der Waals surface area contributed by atoms with E-state index in [4.69, 9.17) is 15.0 Å². The lowest BCUT2D eigenvalue weighted by molar-refractivity contribution is 0.919. The Labute approximate surface area is 424 Å². The average Bonchev–Trinajstić information content (AvgIpc) is 3.41. The zero-order chi connectivity index (χ0) is 49.3. The van der Waals surface area contributed by atoms with E-state index >= 15 is 0 Å². The lowest BCUT2D eigenvalue weighted by Crippen LogP contribution is -2.16. The van der Waals surface area contributed by atoms with Gasteiger partial charge in [0.25, 0.3) is 0 Å². The van der Waals surface area contributed by atoms with Crippen LogP contribution in [-0.4, -0.2) is 15.0 Å². The van der Waals surface area contributed by atoms with E-state index in [1.807, 2.05) is 18.2 Å². The molecule has 11 rings (SSSR count). The van der Waals surface area contributed by atoms with Crippen molar-refractivity contribution in [3.05, 3.63) is 275 Å². The van der Waals surface area contributed by atoms with E-state index in [0.717, 1.165) is 50.0 Å². The van der Waals surface area contributed by atoms with Crippen LogP contribution < -0.4 is 4.90 Å². The maximum absolute atomic E-state index is 5.53. The topological polar surface area (TPSA) is 41.9 Å². The summed E-state index contributed by atoms with van der Waals surface area (Å²) < 4.78 is 0. The van der Waals surface area contributed by atoms with Crippen molar-refractivity contribution in [1.82, 2.24) is 15.0 Å². The summed E-state index contributed by atoms with van der Waals surface area (Å²) in [5, 5.41) is 2.26. The van der Waals surface area contributed by atoms with Gasteiger partial charge >= 0.3 is 0 Å². The van der Waals surface area contributed by atoms with Crippen molar-refractivity contribution in [3.8, 4) is 56.2 Å². The van der Waals surface area contributed by atoms with Crippen molar-refractivity contribution in [2.45, 2.75) is 47.5 Å². The van der Waals surface area contributed by atoms with E-state index in [1.54, 1.807) is 0 Å². The van der Waals surface area contributed by atoms with Gasteiger partial charge in [-0.3, -0.25) is 4.90 Å². The molecule has 0 aliphatic carbocycles. The Morgan fingerprint density at radius 1 is 0.319 bits per heavy atom. The van der Waals surface area contributed by atoms with Gasteiger partial charge in [0.05, 0.1) is 0 Å². The van der Waals surface area contributed by atoms with Gasteiger partial charge in [-0.05, 0) is 161 Å². The summed E-state index contributed by atoms with van der Waals surface area (Å²) >= 11 is 0. The number of benzene rings is 10. The molecule has 1 aromatic heterocycles. The summed E-state index contributed by atoms with van der Waals surface area (Å²) in [5.74, 6) is 1.72. The molecule has 11 aromatic rings. The van der Waals surface area contributed by atoms with Crippen LogP contribution in [0.25, 0.3) is 66.9 Å². The third kappa shape index (κ3) is 9.00. The number of aryl methyl sites for hydroxylation is 6. The van der Waals surface area contributed by atoms with Crippen molar-refractivity contribution in [1.29, 1.82) is 0 Å². The third-order valence-electron chi connectivity index (χ3n) is 14.1. The molecule has 72 heavy (non-hydrogen) atoms. The van der Waals surface area contributed by atoms with Crippen LogP contribution >= 0.6 is 0 Å². The molecule has 4 nitrogen and oxygen atoms in total. The van der Waals surface area contributed by atoms with E-state index in [1.165, 1.54) is 66.8 Å². The summed E-state index contributed by atoms with van der Waals surface area (Å²) in [6.45, 7) is 13.4. The standard InChI is InChI=1S/C68H56N4/c1-44-38-46(3)63(47(4)39-44)65(64-48(5)40-45(2)41-49(64)6)53-32-36-58(37-33-53)72(57-34-30-52(31-35-57)60-29-19-18-28-59(60)50-20-10-7-11-21-50)68-70-66(54-24-14-9-15-25-54)69-67(71-68)62-43-56-27-17-16-26-55(56)42-61(62)51-22-12-8-13-23-51/h7-43,65H,1-6H3. The highest BCUT2D eigenvalue weighted by Gasteiger charge is 2.27. The fraction of sp³-hybridized carbons (Fsp3) is 0.103. The van der Waals surface area contributed by atoms with Crippen molar-refractivity contribution >= 4 is 28.1 Å². The summed E-state index contributed by atoms with van der Waals surface area (Å²) in [6.07, 6.45) is 0. The number of rotatable bonds is 11. The van der Waals surface area contributed by atoms with Gasteiger partial charge in [-0.15, -0.1) is 0 Å². The van der Waals surface area contributed by atoms with Crippen LogP contribution in [-0.2, 0) is 0 Å². The largest absolute Gasteiger partial charge is 0.279 e. The first-order chi connectivity index (χ1) is 35.2.